The summed E-state index contributed by atoms with van der Waals surface area (Å²) in [4.78, 5) is 25.9. The minimum absolute atomic E-state index is 0.298. The van der Waals surface area contributed by atoms with E-state index < -0.39 is 12.0 Å². The van der Waals surface area contributed by atoms with Gasteiger partial charge in [-0.2, -0.15) is 0 Å². The zero-order chi connectivity index (χ0) is 16.4. The van der Waals surface area contributed by atoms with Gasteiger partial charge in [0.1, 0.15) is 0 Å². The predicted molar refractivity (Wildman–Crippen MR) is 84.8 cm³/mol. The highest BCUT2D eigenvalue weighted by molar-refractivity contribution is 6.42. The molecule has 0 bridgehead atoms. The Labute approximate surface area is 138 Å². The Morgan fingerprint density at radius 1 is 1.41 bits per heavy atom. The zero-order valence-corrected chi connectivity index (χ0v) is 14.0. The molecule has 1 aliphatic heterocycles. The van der Waals surface area contributed by atoms with Crippen molar-refractivity contribution in [2.24, 2.45) is 0 Å². The highest BCUT2D eigenvalue weighted by atomic mass is 35.5. The van der Waals surface area contributed by atoms with Crippen LogP contribution in [0.4, 0.5) is 4.79 Å². The number of esters is 1. The van der Waals surface area contributed by atoms with E-state index in [1.54, 1.807) is 25.1 Å². The fourth-order valence-electron chi connectivity index (χ4n) is 2.51. The van der Waals surface area contributed by atoms with Crippen LogP contribution in [0.1, 0.15) is 25.5 Å². The van der Waals surface area contributed by atoms with Crippen LogP contribution < -0.4 is 5.32 Å². The summed E-state index contributed by atoms with van der Waals surface area (Å²) in [6.45, 7) is 3.97. The first-order chi connectivity index (χ1) is 10.4. The van der Waals surface area contributed by atoms with Crippen LogP contribution in [0, 0.1) is 0 Å². The number of carbonyl (C=O) groups is 2. The van der Waals surface area contributed by atoms with Gasteiger partial charge in [0.15, 0.2) is 0 Å². The minimum Gasteiger partial charge on any atom is -0.466 e. The van der Waals surface area contributed by atoms with Crippen molar-refractivity contribution in [3.8, 4) is 0 Å². The molecule has 7 heteroatoms. The molecule has 1 unspecified atom stereocenters. The molecule has 2 rings (SSSR count). The average molecular weight is 343 g/mol. The fraction of sp³-hybridized carbons (Fsp3) is 0.333. The van der Waals surface area contributed by atoms with E-state index in [1.807, 2.05) is 6.92 Å². The van der Waals surface area contributed by atoms with Gasteiger partial charge in [0.25, 0.3) is 0 Å². The van der Waals surface area contributed by atoms with E-state index in [0.29, 0.717) is 33.4 Å². The monoisotopic (exact) mass is 342 g/mol. The second kappa shape index (κ2) is 6.58. The molecule has 0 aliphatic carbocycles. The lowest BCUT2D eigenvalue weighted by molar-refractivity contribution is -0.136. The molecular weight excluding hydrogens is 327 g/mol. The lowest BCUT2D eigenvalue weighted by Gasteiger charge is -2.35. The number of nitrogens with zero attached hydrogens (tertiary/aromatic N) is 1. The molecule has 0 saturated heterocycles. The Balaban J connectivity index is 2.63. The lowest BCUT2D eigenvalue weighted by Crippen LogP contribution is -2.47. The number of benzene rings is 1. The minimum atomic E-state index is -0.700. The number of methoxy groups -OCH3 is 1. The third kappa shape index (κ3) is 2.78. The number of amides is 2. The van der Waals surface area contributed by atoms with Crippen molar-refractivity contribution in [1.82, 2.24) is 10.2 Å². The van der Waals surface area contributed by atoms with Crippen molar-refractivity contribution in [3.05, 3.63) is 45.1 Å². The van der Waals surface area contributed by atoms with Crippen LogP contribution in [0.5, 0.6) is 0 Å². The lowest BCUT2D eigenvalue weighted by atomic mass is 9.95. The molecule has 1 aromatic carbocycles. The van der Waals surface area contributed by atoms with E-state index in [9.17, 15) is 9.59 Å². The van der Waals surface area contributed by atoms with Crippen LogP contribution in [0.3, 0.4) is 0 Å². The number of nitrogens with one attached hydrogen (secondary N) is 1. The summed E-state index contributed by atoms with van der Waals surface area (Å²) in [5.41, 5.74) is 1.44. The summed E-state index contributed by atoms with van der Waals surface area (Å²) in [6.07, 6.45) is 0. The highest BCUT2D eigenvalue weighted by Crippen LogP contribution is 2.37. The second-order valence-corrected chi connectivity index (χ2v) is 5.55. The number of allylic oxidation sites excluding steroid dienone is 1. The first kappa shape index (κ1) is 16.6. The molecule has 5 nitrogen and oxygen atoms in total. The summed E-state index contributed by atoms with van der Waals surface area (Å²) >= 11 is 12.3. The predicted octanol–water partition coefficient (Wildman–Crippen LogP) is 3.53. The van der Waals surface area contributed by atoms with Gasteiger partial charge in [0.05, 0.1) is 28.8 Å². The SMILES string of the molecule is CCN1C(=O)NC(c2cccc(Cl)c2Cl)C(C(=O)OC)=C1C. The van der Waals surface area contributed by atoms with E-state index in [2.05, 4.69) is 5.32 Å². The van der Waals surface area contributed by atoms with Gasteiger partial charge < -0.3 is 10.1 Å². The Morgan fingerprint density at radius 3 is 2.68 bits per heavy atom. The molecule has 0 aromatic heterocycles. The van der Waals surface area contributed by atoms with Crippen LogP contribution in [0.2, 0.25) is 10.0 Å². The molecule has 0 fully saturated rings. The van der Waals surface area contributed by atoms with Gasteiger partial charge in [0, 0.05) is 12.2 Å². The number of hydrogen-bond acceptors (Lipinski definition) is 3. The number of rotatable bonds is 3. The molecule has 0 spiro atoms. The average Bonchev–Trinajstić information content (AvgIpc) is 2.49. The summed E-state index contributed by atoms with van der Waals surface area (Å²) in [7, 11) is 1.30. The van der Waals surface area contributed by atoms with Crippen LogP contribution in [-0.4, -0.2) is 30.6 Å². The Morgan fingerprint density at radius 2 is 2.09 bits per heavy atom. The largest absolute Gasteiger partial charge is 0.466 e. The Hall–Kier alpha value is -1.72. The maximum atomic E-state index is 12.2. The quantitative estimate of drug-likeness (QED) is 0.855. The molecule has 22 heavy (non-hydrogen) atoms. The summed E-state index contributed by atoms with van der Waals surface area (Å²) < 4.78 is 4.86. The number of halogens is 2. The van der Waals surface area contributed by atoms with Gasteiger partial charge >= 0.3 is 12.0 Å². The van der Waals surface area contributed by atoms with E-state index in [-0.39, 0.29) is 6.03 Å². The van der Waals surface area contributed by atoms with Crippen molar-refractivity contribution in [2.75, 3.05) is 13.7 Å². The number of hydrogen-bond donors (Lipinski definition) is 1. The summed E-state index contributed by atoms with van der Waals surface area (Å²) in [6, 6.07) is 4.08. The first-order valence-corrected chi connectivity index (χ1v) is 7.49. The van der Waals surface area contributed by atoms with Crippen LogP contribution in [0.25, 0.3) is 0 Å². The molecule has 0 saturated carbocycles. The molecular formula is C15H16Cl2N2O3. The first-order valence-electron chi connectivity index (χ1n) is 6.73. The van der Waals surface area contributed by atoms with Gasteiger partial charge in [-0.1, -0.05) is 35.3 Å². The topological polar surface area (TPSA) is 58.6 Å². The van der Waals surface area contributed by atoms with Gasteiger partial charge in [-0.15, -0.1) is 0 Å². The zero-order valence-electron chi connectivity index (χ0n) is 12.4. The third-order valence-corrected chi connectivity index (χ3v) is 4.44. The number of ether oxygens (including phenoxy) is 1. The van der Waals surface area contributed by atoms with Gasteiger partial charge in [-0.3, -0.25) is 4.90 Å². The Kier molecular flexibility index (Phi) is 4.98. The molecule has 1 aliphatic rings. The molecule has 0 radical (unpaired) electrons. The summed E-state index contributed by atoms with van der Waals surface area (Å²) in [5, 5.41) is 3.44. The normalized spacial score (nSPS) is 18.3. The standard InChI is InChI=1S/C15H16Cl2N2O3/c1-4-19-8(2)11(14(20)22-3)13(18-15(19)21)9-6-5-7-10(16)12(9)17/h5-7,13H,4H2,1-3H3,(H,18,21). The Bertz CT molecular complexity index is 658. The van der Waals surface area contributed by atoms with Crippen molar-refractivity contribution in [1.29, 1.82) is 0 Å². The van der Waals surface area contributed by atoms with Crippen LogP contribution in [-0.2, 0) is 9.53 Å². The van der Waals surface area contributed by atoms with Crippen LogP contribution >= 0.6 is 23.2 Å². The second-order valence-electron chi connectivity index (χ2n) is 4.76. The van der Waals surface area contributed by atoms with Gasteiger partial charge in [-0.25, -0.2) is 9.59 Å². The van der Waals surface area contributed by atoms with Crippen LogP contribution in [0.15, 0.2) is 29.5 Å². The van der Waals surface area contributed by atoms with Gasteiger partial charge in [0.2, 0.25) is 0 Å². The van der Waals surface area contributed by atoms with Gasteiger partial charge in [-0.05, 0) is 25.5 Å². The van der Waals surface area contributed by atoms with Crippen molar-refractivity contribution in [3.63, 3.8) is 0 Å². The number of urea groups is 1. The van der Waals surface area contributed by atoms with Crippen molar-refractivity contribution >= 4 is 35.2 Å². The molecule has 1 atom stereocenters. The number of carbonyl (C=O) groups excluding carboxylic acids is 2. The van der Waals surface area contributed by atoms with Crippen molar-refractivity contribution < 1.29 is 14.3 Å². The van der Waals surface area contributed by atoms with E-state index in [0.717, 1.165) is 0 Å². The maximum Gasteiger partial charge on any atom is 0.337 e. The molecule has 1 heterocycles. The molecule has 1 N–H and O–H groups in total. The maximum absolute atomic E-state index is 12.2. The van der Waals surface area contributed by atoms with E-state index in [4.69, 9.17) is 27.9 Å². The molecule has 118 valence electrons. The van der Waals surface area contributed by atoms with E-state index in [1.165, 1.54) is 12.0 Å². The molecule has 2 amide bonds. The highest BCUT2D eigenvalue weighted by Gasteiger charge is 2.36. The molecule has 1 aromatic rings. The van der Waals surface area contributed by atoms with Crippen molar-refractivity contribution in [2.45, 2.75) is 19.9 Å². The smallest absolute Gasteiger partial charge is 0.337 e. The third-order valence-electron chi connectivity index (χ3n) is 3.61. The van der Waals surface area contributed by atoms with E-state index >= 15 is 0 Å². The fourth-order valence-corrected chi connectivity index (χ4v) is 2.93. The summed E-state index contributed by atoms with van der Waals surface area (Å²) in [5.74, 6) is -0.517.